The highest BCUT2D eigenvalue weighted by atomic mass is 16.5. The number of carbonyl (C=O) groups excluding carboxylic acids is 2. The highest BCUT2D eigenvalue weighted by molar-refractivity contribution is 5.92. The SMILES string of the molecule is Cc1ccc(NC(=O)COC(=O)C[C@@H]2C[C@@H]3CC[C@@H]2C3)cc1C. The van der Waals surface area contributed by atoms with Crippen LogP contribution in [0.2, 0.25) is 0 Å². The molecule has 0 saturated heterocycles. The van der Waals surface area contributed by atoms with Gasteiger partial charge in [0.15, 0.2) is 6.61 Å². The lowest BCUT2D eigenvalue weighted by Gasteiger charge is -2.20. The summed E-state index contributed by atoms with van der Waals surface area (Å²) in [6.07, 6.45) is 5.50. The molecule has 0 spiro atoms. The second kappa shape index (κ2) is 6.73. The van der Waals surface area contributed by atoms with Gasteiger partial charge in [-0.1, -0.05) is 12.5 Å². The van der Waals surface area contributed by atoms with Gasteiger partial charge in [-0.15, -0.1) is 0 Å². The van der Waals surface area contributed by atoms with Crippen molar-refractivity contribution in [1.82, 2.24) is 0 Å². The number of rotatable bonds is 5. The van der Waals surface area contributed by atoms with Crippen molar-refractivity contribution in [2.75, 3.05) is 11.9 Å². The Hall–Kier alpha value is -1.84. The lowest BCUT2D eigenvalue weighted by molar-refractivity contribution is -0.148. The Morgan fingerprint density at radius 3 is 2.65 bits per heavy atom. The third kappa shape index (κ3) is 3.92. The molecule has 3 rings (SSSR count). The number of ether oxygens (including phenoxy) is 1. The van der Waals surface area contributed by atoms with Gasteiger partial charge in [0, 0.05) is 12.1 Å². The summed E-state index contributed by atoms with van der Waals surface area (Å²) in [6.45, 7) is 3.82. The van der Waals surface area contributed by atoms with Gasteiger partial charge in [0.05, 0.1) is 0 Å². The number of benzene rings is 1. The fourth-order valence-corrected chi connectivity index (χ4v) is 4.06. The number of amides is 1. The molecule has 2 fully saturated rings. The first-order chi connectivity index (χ1) is 11.0. The summed E-state index contributed by atoms with van der Waals surface area (Å²) >= 11 is 0. The van der Waals surface area contributed by atoms with Crippen molar-refractivity contribution < 1.29 is 14.3 Å². The normalized spacial score (nSPS) is 25.4. The first-order valence-corrected chi connectivity index (χ1v) is 8.54. The molecule has 1 N–H and O–H groups in total. The highest BCUT2D eigenvalue weighted by Crippen LogP contribution is 2.49. The molecule has 2 bridgehead atoms. The van der Waals surface area contributed by atoms with Gasteiger partial charge in [0.1, 0.15) is 0 Å². The van der Waals surface area contributed by atoms with Crippen LogP contribution in [0.25, 0.3) is 0 Å². The summed E-state index contributed by atoms with van der Waals surface area (Å²) in [7, 11) is 0. The average molecular weight is 315 g/mol. The van der Waals surface area contributed by atoms with E-state index in [9.17, 15) is 9.59 Å². The molecule has 2 saturated carbocycles. The maximum absolute atomic E-state index is 11.9. The summed E-state index contributed by atoms with van der Waals surface area (Å²) < 4.78 is 5.15. The topological polar surface area (TPSA) is 55.4 Å². The Balaban J connectivity index is 1.41. The van der Waals surface area contributed by atoms with Crippen LogP contribution in [0.3, 0.4) is 0 Å². The van der Waals surface area contributed by atoms with Crippen LogP contribution in [-0.4, -0.2) is 18.5 Å². The summed E-state index contributed by atoms with van der Waals surface area (Å²) in [6, 6.07) is 5.74. The molecule has 0 aromatic heterocycles. The van der Waals surface area contributed by atoms with Gasteiger partial charge < -0.3 is 10.1 Å². The summed E-state index contributed by atoms with van der Waals surface area (Å²) in [5.41, 5.74) is 3.04. The van der Waals surface area contributed by atoms with Gasteiger partial charge in [0.2, 0.25) is 0 Å². The molecule has 3 atom stereocenters. The third-order valence-electron chi connectivity index (χ3n) is 5.47. The van der Waals surface area contributed by atoms with Gasteiger partial charge in [-0.2, -0.15) is 0 Å². The molecular weight excluding hydrogens is 290 g/mol. The fraction of sp³-hybridized carbons (Fsp3) is 0.579. The molecule has 1 amide bonds. The number of anilines is 1. The Labute approximate surface area is 137 Å². The van der Waals surface area contributed by atoms with Crippen molar-refractivity contribution >= 4 is 17.6 Å². The first kappa shape index (κ1) is 16.0. The molecule has 1 aromatic rings. The minimum absolute atomic E-state index is 0.202. The van der Waals surface area contributed by atoms with Gasteiger partial charge in [-0.25, -0.2) is 0 Å². The Kier molecular flexibility index (Phi) is 4.69. The Morgan fingerprint density at radius 1 is 1.17 bits per heavy atom. The molecule has 4 heteroatoms. The monoisotopic (exact) mass is 315 g/mol. The molecule has 4 nitrogen and oxygen atoms in total. The Bertz CT molecular complexity index is 611. The van der Waals surface area contributed by atoms with E-state index in [2.05, 4.69) is 5.32 Å². The van der Waals surface area contributed by atoms with Crippen molar-refractivity contribution in [2.45, 2.75) is 46.0 Å². The minimum Gasteiger partial charge on any atom is -0.456 e. The Morgan fingerprint density at radius 2 is 2.00 bits per heavy atom. The molecule has 0 radical (unpaired) electrons. The van der Waals surface area contributed by atoms with Gasteiger partial charge >= 0.3 is 5.97 Å². The van der Waals surface area contributed by atoms with Crippen LogP contribution in [0.15, 0.2) is 18.2 Å². The summed E-state index contributed by atoms with van der Waals surface area (Å²) in [5, 5.41) is 2.77. The van der Waals surface area contributed by atoms with E-state index in [0.717, 1.165) is 23.6 Å². The molecule has 0 unspecified atom stereocenters. The van der Waals surface area contributed by atoms with E-state index in [1.165, 1.54) is 24.8 Å². The molecule has 1 aromatic carbocycles. The van der Waals surface area contributed by atoms with Crippen LogP contribution < -0.4 is 5.32 Å². The first-order valence-electron chi connectivity index (χ1n) is 8.54. The van der Waals surface area contributed by atoms with E-state index in [-0.39, 0.29) is 18.5 Å². The van der Waals surface area contributed by atoms with Gasteiger partial charge in [0.25, 0.3) is 5.91 Å². The zero-order valence-corrected chi connectivity index (χ0v) is 13.9. The lowest BCUT2D eigenvalue weighted by Crippen LogP contribution is -2.23. The maximum atomic E-state index is 11.9. The predicted molar refractivity (Wildman–Crippen MR) is 89.1 cm³/mol. The number of esters is 1. The van der Waals surface area contributed by atoms with Crippen molar-refractivity contribution in [3.8, 4) is 0 Å². The molecular formula is C19H25NO3. The second-order valence-corrected chi connectivity index (χ2v) is 7.15. The number of fused-ring (bicyclic) bond motifs is 2. The number of carbonyl (C=O) groups is 2. The zero-order valence-electron chi connectivity index (χ0n) is 13.9. The molecule has 124 valence electrons. The minimum atomic E-state index is -0.283. The predicted octanol–water partition coefficient (Wildman–Crippen LogP) is 3.61. The smallest absolute Gasteiger partial charge is 0.306 e. The quantitative estimate of drug-likeness (QED) is 0.845. The van der Waals surface area contributed by atoms with E-state index in [1.54, 1.807) is 0 Å². The maximum Gasteiger partial charge on any atom is 0.306 e. The van der Waals surface area contributed by atoms with E-state index in [0.29, 0.717) is 18.3 Å². The van der Waals surface area contributed by atoms with Crippen LogP contribution in [0.4, 0.5) is 5.69 Å². The number of hydrogen-bond acceptors (Lipinski definition) is 3. The van der Waals surface area contributed by atoms with E-state index in [4.69, 9.17) is 4.74 Å². The van der Waals surface area contributed by atoms with Gasteiger partial charge in [-0.3, -0.25) is 9.59 Å². The van der Waals surface area contributed by atoms with Crippen molar-refractivity contribution in [3.63, 3.8) is 0 Å². The second-order valence-electron chi connectivity index (χ2n) is 7.15. The average Bonchev–Trinajstić information content (AvgIpc) is 3.12. The number of hydrogen-bond donors (Lipinski definition) is 1. The van der Waals surface area contributed by atoms with Crippen LogP contribution >= 0.6 is 0 Å². The molecule has 23 heavy (non-hydrogen) atoms. The fourth-order valence-electron chi connectivity index (χ4n) is 4.06. The largest absolute Gasteiger partial charge is 0.456 e. The van der Waals surface area contributed by atoms with Crippen LogP contribution in [-0.2, 0) is 14.3 Å². The molecule has 2 aliphatic carbocycles. The van der Waals surface area contributed by atoms with Crippen molar-refractivity contribution in [2.24, 2.45) is 17.8 Å². The summed E-state index contributed by atoms with van der Waals surface area (Å²) in [4.78, 5) is 23.8. The third-order valence-corrected chi connectivity index (χ3v) is 5.47. The van der Waals surface area contributed by atoms with Crippen LogP contribution in [0.1, 0.15) is 43.2 Å². The molecule has 2 aliphatic rings. The van der Waals surface area contributed by atoms with E-state index < -0.39 is 0 Å². The highest BCUT2D eigenvalue weighted by Gasteiger charge is 2.40. The standard InChI is InChI=1S/C19H25NO3/c1-12-3-6-17(7-13(12)2)20-18(21)11-23-19(22)10-16-9-14-4-5-15(16)8-14/h3,6-7,14-16H,4-5,8-11H2,1-2H3,(H,20,21)/t14-,15-,16+/m1/s1. The molecule has 0 heterocycles. The van der Waals surface area contributed by atoms with Crippen molar-refractivity contribution in [1.29, 1.82) is 0 Å². The molecule has 0 aliphatic heterocycles. The number of nitrogens with one attached hydrogen (secondary N) is 1. The van der Waals surface area contributed by atoms with Crippen LogP contribution in [0, 0.1) is 31.6 Å². The lowest BCUT2D eigenvalue weighted by atomic mass is 9.86. The van der Waals surface area contributed by atoms with E-state index >= 15 is 0 Å². The summed E-state index contributed by atoms with van der Waals surface area (Å²) in [5.74, 6) is 1.49. The number of aryl methyl sites for hydroxylation is 2. The van der Waals surface area contributed by atoms with E-state index in [1.807, 2.05) is 32.0 Å². The van der Waals surface area contributed by atoms with Crippen molar-refractivity contribution in [3.05, 3.63) is 29.3 Å². The van der Waals surface area contributed by atoms with Gasteiger partial charge in [-0.05, 0) is 74.1 Å². The zero-order chi connectivity index (χ0) is 16.4. The van der Waals surface area contributed by atoms with Crippen LogP contribution in [0.5, 0.6) is 0 Å².